The minimum absolute atomic E-state index is 0.0441. The maximum Gasteiger partial charge on any atom is 0.251 e. The van der Waals surface area contributed by atoms with Crippen molar-refractivity contribution >= 4 is 21.8 Å². The minimum Gasteiger partial charge on any atom is -0.352 e. The van der Waals surface area contributed by atoms with E-state index in [1.807, 2.05) is 26.0 Å². The summed E-state index contributed by atoms with van der Waals surface area (Å²) >= 11 is 3.49. The van der Waals surface area contributed by atoms with Gasteiger partial charge in [-0.15, -0.1) is 0 Å². The van der Waals surface area contributed by atoms with Crippen molar-refractivity contribution in [3.63, 3.8) is 0 Å². The summed E-state index contributed by atoms with van der Waals surface area (Å²) in [5.41, 5.74) is 2.89. The zero-order valence-electron chi connectivity index (χ0n) is 11.8. The fourth-order valence-corrected chi connectivity index (χ4v) is 3.01. The Morgan fingerprint density at radius 2 is 2.16 bits per heavy atom. The Bertz CT molecular complexity index is 487. The van der Waals surface area contributed by atoms with Gasteiger partial charge in [-0.1, -0.05) is 15.9 Å². The molecule has 0 spiro atoms. The van der Waals surface area contributed by atoms with Crippen molar-refractivity contribution in [1.29, 1.82) is 0 Å². The van der Waals surface area contributed by atoms with E-state index in [9.17, 15) is 4.79 Å². The molecule has 104 valence electrons. The normalized spacial score (nSPS) is 19.7. The van der Waals surface area contributed by atoms with Gasteiger partial charge in [-0.2, -0.15) is 0 Å². The molecular formula is C15H21BrN2O. The second-order valence-corrected chi connectivity index (χ2v) is 6.40. The molecule has 1 N–H and O–H groups in total. The van der Waals surface area contributed by atoms with Crippen LogP contribution in [0.1, 0.15) is 27.9 Å². The smallest absolute Gasteiger partial charge is 0.251 e. The van der Waals surface area contributed by atoms with E-state index in [1.54, 1.807) is 0 Å². The van der Waals surface area contributed by atoms with Crippen molar-refractivity contribution in [3.05, 3.63) is 33.3 Å². The van der Waals surface area contributed by atoms with E-state index >= 15 is 0 Å². The van der Waals surface area contributed by atoms with Gasteiger partial charge in [0.1, 0.15) is 0 Å². The lowest BCUT2D eigenvalue weighted by Crippen LogP contribution is -2.31. The quantitative estimate of drug-likeness (QED) is 0.927. The zero-order valence-corrected chi connectivity index (χ0v) is 13.4. The summed E-state index contributed by atoms with van der Waals surface area (Å²) in [6, 6.07) is 3.96. The number of hydrogen-bond donors (Lipinski definition) is 1. The van der Waals surface area contributed by atoms with Gasteiger partial charge in [-0.25, -0.2) is 0 Å². The van der Waals surface area contributed by atoms with Crippen LogP contribution in [0, 0.1) is 19.8 Å². The Hall–Kier alpha value is -0.870. The molecule has 1 aliphatic rings. The van der Waals surface area contributed by atoms with Crippen molar-refractivity contribution in [3.8, 4) is 0 Å². The van der Waals surface area contributed by atoms with E-state index in [0.717, 1.165) is 40.8 Å². The Balaban J connectivity index is 1.98. The van der Waals surface area contributed by atoms with E-state index in [1.165, 1.54) is 6.42 Å². The van der Waals surface area contributed by atoms with E-state index in [-0.39, 0.29) is 5.91 Å². The zero-order chi connectivity index (χ0) is 14.0. The fraction of sp³-hybridized carbons (Fsp3) is 0.533. The number of carbonyl (C=O) groups excluding carboxylic acids is 1. The third-order valence-electron chi connectivity index (χ3n) is 3.79. The van der Waals surface area contributed by atoms with Crippen LogP contribution in [-0.2, 0) is 0 Å². The van der Waals surface area contributed by atoms with Crippen LogP contribution >= 0.6 is 15.9 Å². The monoisotopic (exact) mass is 324 g/mol. The summed E-state index contributed by atoms with van der Waals surface area (Å²) in [5, 5.41) is 3.07. The molecule has 0 aromatic heterocycles. The van der Waals surface area contributed by atoms with Crippen LogP contribution in [0.5, 0.6) is 0 Å². The number of benzene rings is 1. The topological polar surface area (TPSA) is 32.3 Å². The Morgan fingerprint density at radius 1 is 1.42 bits per heavy atom. The summed E-state index contributed by atoms with van der Waals surface area (Å²) in [6.45, 7) is 6.97. The molecule has 0 bridgehead atoms. The van der Waals surface area contributed by atoms with Crippen molar-refractivity contribution in [2.24, 2.45) is 5.92 Å². The third kappa shape index (κ3) is 3.57. The SMILES string of the molecule is Cc1cc(C(=O)NCC2CCN(C)C2)c(C)cc1Br. The molecule has 1 heterocycles. The molecule has 0 radical (unpaired) electrons. The number of hydrogen-bond acceptors (Lipinski definition) is 2. The summed E-state index contributed by atoms with van der Waals surface area (Å²) < 4.78 is 1.05. The fourth-order valence-electron chi connectivity index (χ4n) is 2.55. The molecule has 2 rings (SSSR count). The average molecular weight is 325 g/mol. The number of amides is 1. The molecule has 1 atom stereocenters. The van der Waals surface area contributed by atoms with Crippen LogP contribution in [0.15, 0.2) is 16.6 Å². The van der Waals surface area contributed by atoms with Crippen LogP contribution in [-0.4, -0.2) is 37.5 Å². The van der Waals surface area contributed by atoms with Gasteiger partial charge in [-0.3, -0.25) is 4.79 Å². The molecule has 4 heteroatoms. The first-order chi connectivity index (χ1) is 8.97. The molecule has 1 saturated heterocycles. The van der Waals surface area contributed by atoms with Crippen molar-refractivity contribution in [2.75, 3.05) is 26.7 Å². The van der Waals surface area contributed by atoms with Gasteiger partial charge in [0.15, 0.2) is 0 Å². The Kier molecular flexibility index (Phi) is 4.63. The van der Waals surface area contributed by atoms with Crippen molar-refractivity contribution in [2.45, 2.75) is 20.3 Å². The first-order valence-corrected chi connectivity index (χ1v) is 7.50. The molecule has 0 saturated carbocycles. The molecule has 1 unspecified atom stereocenters. The number of aryl methyl sites for hydroxylation is 2. The number of halogens is 1. The standard InChI is InChI=1S/C15H21BrN2O/c1-10-7-14(16)11(2)6-13(10)15(19)17-8-12-4-5-18(3)9-12/h6-7,12H,4-5,8-9H2,1-3H3,(H,17,19). The lowest BCUT2D eigenvalue weighted by molar-refractivity contribution is 0.0947. The molecule has 1 amide bonds. The Morgan fingerprint density at radius 3 is 2.79 bits per heavy atom. The number of carbonyl (C=O) groups is 1. The highest BCUT2D eigenvalue weighted by molar-refractivity contribution is 9.10. The molecule has 0 aliphatic carbocycles. The second-order valence-electron chi connectivity index (χ2n) is 5.54. The predicted molar refractivity (Wildman–Crippen MR) is 81.6 cm³/mol. The highest BCUT2D eigenvalue weighted by Gasteiger charge is 2.20. The van der Waals surface area contributed by atoms with Crippen LogP contribution in [0.25, 0.3) is 0 Å². The lowest BCUT2D eigenvalue weighted by Gasteiger charge is -2.13. The first-order valence-electron chi connectivity index (χ1n) is 6.71. The Labute approximate surface area is 123 Å². The number of likely N-dealkylation sites (tertiary alicyclic amines) is 1. The van der Waals surface area contributed by atoms with Gasteiger partial charge >= 0.3 is 0 Å². The molecule has 19 heavy (non-hydrogen) atoms. The number of nitrogens with one attached hydrogen (secondary N) is 1. The lowest BCUT2D eigenvalue weighted by atomic mass is 10.0. The summed E-state index contributed by atoms with van der Waals surface area (Å²) in [7, 11) is 2.13. The molecule has 1 aromatic carbocycles. The van der Waals surface area contributed by atoms with E-state index in [0.29, 0.717) is 5.92 Å². The van der Waals surface area contributed by atoms with E-state index in [2.05, 4.69) is 33.2 Å². The molecule has 1 aliphatic heterocycles. The largest absolute Gasteiger partial charge is 0.352 e. The van der Waals surface area contributed by atoms with Crippen molar-refractivity contribution < 1.29 is 4.79 Å². The number of nitrogens with zero attached hydrogens (tertiary/aromatic N) is 1. The molecule has 1 fully saturated rings. The second kappa shape index (κ2) is 6.06. The van der Waals surface area contributed by atoms with Crippen LogP contribution in [0.2, 0.25) is 0 Å². The average Bonchev–Trinajstić information content (AvgIpc) is 2.77. The highest BCUT2D eigenvalue weighted by Crippen LogP contribution is 2.21. The maximum absolute atomic E-state index is 12.2. The van der Waals surface area contributed by atoms with Gasteiger partial charge < -0.3 is 10.2 Å². The predicted octanol–water partition coefficient (Wildman–Crippen LogP) is 2.75. The van der Waals surface area contributed by atoms with Gasteiger partial charge in [0.25, 0.3) is 5.91 Å². The highest BCUT2D eigenvalue weighted by atomic mass is 79.9. The summed E-state index contributed by atoms with van der Waals surface area (Å²) in [5.74, 6) is 0.633. The summed E-state index contributed by atoms with van der Waals surface area (Å²) in [6.07, 6.45) is 1.18. The molecule has 1 aromatic rings. The maximum atomic E-state index is 12.2. The summed E-state index contributed by atoms with van der Waals surface area (Å²) in [4.78, 5) is 14.5. The molecular weight excluding hydrogens is 304 g/mol. The van der Waals surface area contributed by atoms with Gasteiger partial charge in [0.2, 0.25) is 0 Å². The third-order valence-corrected chi connectivity index (χ3v) is 4.64. The number of rotatable bonds is 3. The van der Waals surface area contributed by atoms with Gasteiger partial charge in [-0.05, 0) is 63.0 Å². The van der Waals surface area contributed by atoms with E-state index < -0.39 is 0 Å². The van der Waals surface area contributed by atoms with Crippen LogP contribution < -0.4 is 5.32 Å². The van der Waals surface area contributed by atoms with Crippen LogP contribution in [0.3, 0.4) is 0 Å². The van der Waals surface area contributed by atoms with Crippen LogP contribution in [0.4, 0.5) is 0 Å². The van der Waals surface area contributed by atoms with Gasteiger partial charge in [0, 0.05) is 23.1 Å². The minimum atomic E-state index is 0.0441. The first kappa shape index (κ1) is 14.5. The van der Waals surface area contributed by atoms with E-state index in [4.69, 9.17) is 0 Å². The van der Waals surface area contributed by atoms with Gasteiger partial charge in [0.05, 0.1) is 0 Å². The van der Waals surface area contributed by atoms with Crippen molar-refractivity contribution in [1.82, 2.24) is 10.2 Å². The molecule has 3 nitrogen and oxygen atoms in total.